The summed E-state index contributed by atoms with van der Waals surface area (Å²) in [5.41, 5.74) is 0.711. The highest BCUT2D eigenvalue weighted by Crippen LogP contribution is 2.27. The highest BCUT2D eigenvalue weighted by atomic mass is 127. The number of benzene rings is 1. The Bertz CT molecular complexity index is 662. The van der Waals surface area contributed by atoms with E-state index >= 15 is 0 Å². The molecule has 28 heavy (non-hydrogen) atoms. The summed E-state index contributed by atoms with van der Waals surface area (Å²) in [6.45, 7) is 8.80. The van der Waals surface area contributed by atoms with Gasteiger partial charge in [-0.2, -0.15) is 0 Å². The molecule has 0 saturated carbocycles. The smallest absolute Gasteiger partial charge is 0.225 e. The van der Waals surface area contributed by atoms with E-state index in [0.29, 0.717) is 19.1 Å². The molecule has 1 fully saturated rings. The molecule has 0 bridgehead atoms. The Morgan fingerprint density at radius 2 is 1.93 bits per heavy atom. The normalized spacial score (nSPS) is 17.5. The molecule has 6 nitrogen and oxygen atoms in total. The van der Waals surface area contributed by atoms with Crippen LogP contribution in [0.2, 0.25) is 5.02 Å². The van der Waals surface area contributed by atoms with E-state index in [2.05, 4.69) is 31.9 Å². The largest absolute Gasteiger partial charge is 0.368 e. The number of carbonyl (C=O) groups excluding carboxylic acids is 1. The first-order valence-corrected chi connectivity index (χ1v) is 9.94. The van der Waals surface area contributed by atoms with Crippen LogP contribution in [0.1, 0.15) is 33.6 Å². The zero-order valence-electron chi connectivity index (χ0n) is 17.2. The minimum atomic E-state index is -0.371. The number of piperidine rings is 1. The molecule has 1 amide bonds. The van der Waals surface area contributed by atoms with Gasteiger partial charge in [0.2, 0.25) is 5.91 Å². The molecular weight excluding hydrogens is 489 g/mol. The molecule has 158 valence electrons. The van der Waals surface area contributed by atoms with Crippen molar-refractivity contribution in [1.29, 1.82) is 0 Å². The molecule has 1 aromatic carbocycles. The summed E-state index contributed by atoms with van der Waals surface area (Å²) in [6, 6.07) is 8.27. The van der Waals surface area contributed by atoms with E-state index in [1.807, 2.05) is 39.0 Å². The van der Waals surface area contributed by atoms with Gasteiger partial charge in [-0.25, -0.2) is 0 Å². The van der Waals surface area contributed by atoms with Gasteiger partial charge in [0, 0.05) is 44.7 Å². The highest BCUT2D eigenvalue weighted by Gasteiger charge is 2.22. The van der Waals surface area contributed by atoms with E-state index in [0.717, 1.165) is 42.6 Å². The Morgan fingerprint density at radius 1 is 1.25 bits per heavy atom. The van der Waals surface area contributed by atoms with Gasteiger partial charge >= 0.3 is 0 Å². The van der Waals surface area contributed by atoms with Crippen LogP contribution in [0.4, 0.5) is 5.69 Å². The molecule has 0 aromatic heterocycles. The SMILES string of the molecule is CN=C(NCCNC(=O)C(C)(C)C)NC1CCCN(c2ccccc2Cl)C1.I. The Kier molecular flexibility index (Phi) is 10.4. The summed E-state index contributed by atoms with van der Waals surface area (Å²) < 4.78 is 0. The fourth-order valence-corrected chi connectivity index (χ4v) is 3.29. The van der Waals surface area contributed by atoms with Gasteiger partial charge in [0.05, 0.1) is 10.7 Å². The number of nitrogens with zero attached hydrogens (tertiary/aromatic N) is 2. The van der Waals surface area contributed by atoms with Crippen LogP contribution in [0.25, 0.3) is 0 Å². The number of anilines is 1. The van der Waals surface area contributed by atoms with Crippen molar-refractivity contribution >= 4 is 53.1 Å². The molecule has 0 radical (unpaired) electrons. The molecule has 1 unspecified atom stereocenters. The predicted octanol–water partition coefficient (Wildman–Crippen LogP) is 3.25. The van der Waals surface area contributed by atoms with Crippen LogP contribution in [-0.4, -0.2) is 51.1 Å². The Balaban J connectivity index is 0.00000392. The zero-order chi connectivity index (χ0) is 19.9. The standard InChI is InChI=1S/C20H32ClN5O.HI/c1-20(2,3)18(27)23-11-12-24-19(22-4)25-15-8-7-13-26(14-15)17-10-6-5-9-16(17)21;/h5-6,9-10,15H,7-8,11-14H2,1-4H3,(H,23,27)(H2,22,24,25);1H. The molecule has 2 rings (SSSR count). The van der Waals surface area contributed by atoms with E-state index in [1.165, 1.54) is 0 Å². The Morgan fingerprint density at radius 3 is 2.57 bits per heavy atom. The topological polar surface area (TPSA) is 68.8 Å². The first-order chi connectivity index (χ1) is 12.8. The minimum absolute atomic E-state index is 0. The first kappa shape index (κ1) is 24.8. The van der Waals surface area contributed by atoms with Gasteiger partial charge in [0.25, 0.3) is 0 Å². The number of guanidine groups is 1. The van der Waals surface area contributed by atoms with Gasteiger partial charge in [-0.15, -0.1) is 24.0 Å². The highest BCUT2D eigenvalue weighted by molar-refractivity contribution is 14.0. The number of para-hydroxylation sites is 1. The number of amides is 1. The summed E-state index contributed by atoms with van der Waals surface area (Å²) in [4.78, 5) is 18.5. The van der Waals surface area contributed by atoms with Gasteiger partial charge in [0.15, 0.2) is 5.96 Å². The van der Waals surface area contributed by atoms with Crippen molar-refractivity contribution in [3.8, 4) is 0 Å². The summed E-state index contributed by atoms with van der Waals surface area (Å²) in [7, 11) is 1.76. The van der Waals surface area contributed by atoms with Gasteiger partial charge < -0.3 is 20.9 Å². The first-order valence-electron chi connectivity index (χ1n) is 9.56. The van der Waals surface area contributed by atoms with Gasteiger partial charge in [-0.05, 0) is 25.0 Å². The molecule has 1 heterocycles. The van der Waals surface area contributed by atoms with Gasteiger partial charge in [-0.3, -0.25) is 9.79 Å². The van der Waals surface area contributed by atoms with Crippen LogP contribution < -0.4 is 20.9 Å². The fraction of sp³-hybridized carbons (Fsp3) is 0.600. The average molecular weight is 522 g/mol. The lowest BCUT2D eigenvalue weighted by Crippen LogP contribution is -2.52. The van der Waals surface area contributed by atoms with Crippen LogP contribution in [0.5, 0.6) is 0 Å². The maximum atomic E-state index is 11.9. The van der Waals surface area contributed by atoms with Gasteiger partial charge in [0.1, 0.15) is 0 Å². The van der Waals surface area contributed by atoms with Crippen molar-refractivity contribution in [2.45, 2.75) is 39.7 Å². The van der Waals surface area contributed by atoms with Crippen LogP contribution in [-0.2, 0) is 4.79 Å². The second-order valence-corrected chi connectivity index (χ2v) is 8.29. The molecule has 1 aliphatic heterocycles. The number of rotatable bonds is 5. The Labute approximate surface area is 190 Å². The van der Waals surface area contributed by atoms with Crippen molar-refractivity contribution in [2.75, 3.05) is 38.1 Å². The summed E-state index contributed by atoms with van der Waals surface area (Å²) in [6.07, 6.45) is 2.18. The number of carbonyl (C=O) groups is 1. The van der Waals surface area contributed by atoms with Gasteiger partial charge in [-0.1, -0.05) is 44.5 Å². The summed E-state index contributed by atoms with van der Waals surface area (Å²) in [5.74, 6) is 0.806. The van der Waals surface area contributed by atoms with E-state index in [9.17, 15) is 4.79 Å². The van der Waals surface area contributed by atoms with Crippen LogP contribution >= 0.6 is 35.6 Å². The maximum Gasteiger partial charge on any atom is 0.225 e. The third-order valence-electron chi connectivity index (χ3n) is 4.56. The third-order valence-corrected chi connectivity index (χ3v) is 4.88. The molecular formula is C20H33ClIN5O. The maximum absolute atomic E-state index is 11.9. The van der Waals surface area contributed by atoms with Crippen LogP contribution in [0.3, 0.4) is 0 Å². The van der Waals surface area contributed by atoms with Crippen LogP contribution in [0, 0.1) is 5.41 Å². The number of hydrogen-bond donors (Lipinski definition) is 3. The molecule has 1 atom stereocenters. The molecule has 1 saturated heterocycles. The van der Waals surface area contributed by atoms with Crippen molar-refractivity contribution in [1.82, 2.24) is 16.0 Å². The number of halogens is 2. The molecule has 8 heteroatoms. The Hall–Kier alpha value is -1.22. The fourth-order valence-electron chi connectivity index (χ4n) is 3.03. The van der Waals surface area contributed by atoms with Crippen molar-refractivity contribution in [2.24, 2.45) is 10.4 Å². The molecule has 1 aliphatic rings. The number of hydrogen-bond acceptors (Lipinski definition) is 3. The van der Waals surface area contributed by atoms with Crippen molar-refractivity contribution in [3.05, 3.63) is 29.3 Å². The second-order valence-electron chi connectivity index (χ2n) is 7.89. The van der Waals surface area contributed by atoms with E-state index in [1.54, 1.807) is 7.05 Å². The molecule has 3 N–H and O–H groups in total. The number of aliphatic imine (C=N–C) groups is 1. The van der Waals surface area contributed by atoms with Crippen molar-refractivity contribution in [3.63, 3.8) is 0 Å². The van der Waals surface area contributed by atoms with Crippen molar-refractivity contribution < 1.29 is 4.79 Å². The number of nitrogens with one attached hydrogen (secondary N) is 3. The molecule has 0 spiro atoms. The van der Waals surface area contributed by atoms with E-state index in [-0.39, 0.29) is 35.3 Å². The lowest BCUT2D eigenvalue weighted by atomic mass is 9.96. The summed E-state index contributed by atoms with van der Waals surface area (Å²) >= 11 is 6.35. The molecule has 1 aromatic rings. The predicted molar refractivity (Wildman–Crippen MR) is 129 cm³/mol. The second kappa shape index (κ2) is 11.7. The third kappa shape index (κ3) is 7.66. The quantitative estimate of drug-likeness (QED) is 0.241. The van der Waals surface area contributed by atoms with Crippen LogP contribution in [0.15, 0.2) is 29.3 Å². The average Bonchev–Trinajstić information content (AvgIpc) is 2.63. The van der Waals surface area contributed by atoms with E-state index < -0.39 is 0 Å². The summed E-state index contributed by atoms with van der Waals surface area (Å²) in [5, 5.41) is 10.5. The lowest BCUT2D eigenvalue weighted by Gasteiger charge is -2.35. The minimum Gasteiger partial charge on any atom is -0.368 e. The lowest BCUT2D eigenvalue weighted by molar-refractivity contribution is -0.128. The monoisotopic (exact) mass is 521 g/mol. The zero-order valence-corrected chi connectivity index (χ0v) is 20.3. The molecule has 0 aliphatic carbocycles. The van der Waals surface area contributed by atoms with E-state index in [4.69, 9.17) is 11.6 Å².